The van der Waals surface area contributed by atoms with Crippen LogP contribution in [0.5, 0.6) is 0 Å². The minimum atomic E-state index is 0. The second kappa shape index (κ2) is 38.0. The van der Waals surface area contributed by atoms with Crippen LogP contribution in [0.2, 0.25) is 0 Å². The Hall–Kier alpha value is 1.76. The molecule has 192 valence electrons. The van der Waals surface area contributed by atoms with Crippen molar-refractivity contribution in [2.75, 3.05) is 39.3 Å². The zero-order valence-corrected chi connectivity index (χ0v) is 26.2. The molecule has 0 aliphatic heterocycles. The maximum atomic E-state index is 3.61. The highest BCUT2D eigenvalue weighted by Crippen LogP contribution is 1.95. The van der Waals surface area contributed by atoms with Crippen LogP contribution >= 0.6 is 67.9 Å². The molecule has 0 heterocycles. The minimum absolute atomic E-state index is 0. The molecule has 2 unspecified atom stereocenters. The summed E-state index contributed by atoms with van der Waals surface area (Å²) in [5.74, 6) is 0. The summed E-state index contributed by atoms with van der Waals surface area (Å²) in [5, 5.41) is 14.3. The van der Waals surface area contributed by atoms with Crippen LogP contribution in [0.3, 0.4) is 0 Å². The average Bonchev–Trinajstić information content (AvgIpc) is 2.61. The van der Waals surface area contributed by atoms with E-state index in [1.54, 1.807) is 0 Å². The Bertz CT molecular complexity index is 241. The molecule has 2 atom stereocenters. The fourth-order valence-corrected chi connectivity index (χ4v) is 2.88. The topological polar surface area (TPSA) is 48.1 Å². The molecule has 0 spiro atoms. The fraction of sp³-hybridized carbons (Fsp3) is 1.00. The van der Waals surface area contributed by atoms with E-state index in [2.05, 4.69) is 49.0 Å². The molecule has 0 fully saturated rings. The first-order chi connectivity index (χ1) is 12.2. The van der Waals surface area contributed by atoms with E-state index in [1.807, 2.05) is 0 Å². The highest BCUT2D eigenvalue weighted by atomic mass is 79.9. The standard InChI is InChI=1S/C21H48N4.CH4.4BrH/c1-5-7-9-16-24-20(3)12-18-22-14-11-15-23-19-13-21(4)25-17-10-8-6-2;;;;;/h20-25H,5-19H2,1-4H3;1H4;4*1H. The van der Waals surface area contributed by atoms with Gasteiger partial charge in [-0.15, -0.1) is 67.9 Å². The second-order valence-electron chi connectivity index (χ2n) is 7.56. The third kappa shape index (κ3) is 37.1. The van der Waals surface area contributed by atoms with E-state index in [-0.39, 0.29) is 75.4 Å². The molecule has 4 nitrogen and oxygen atoms in total. The van der Waals surface area contributed by atoms with Gasteiger partial charge in [0.15, 0.2) is 0 Å². The number of hydrogen-bond acceptors (Lipinski definition) is 4. The lowest BCUT2D eigenvalue weighted by molar-refractivity contribution is 0.468. The van der Waals surface area contributed by atoms with Crippen molar-refractivity contribution in [1.82, 2.24) is 21.3 Å². The third-order valence-corrected chi connectivity index (χ3v) is 4.76. The Balaban J connectivity index is -0.000000288. The summed E-state index contributed by atoms with van der Waals surface area (Å²) in [4.78, 5) is 0. The number of rotatable bonds is 20. The van der Waals surface area contributed by atoms with Crippen molar-refractivity contribution in [2.45, 2.75) is 105 Å². The van der Waals surface area contributed by atoms with Crippen molar-refractivity contribution < 1.29 is 0 Å². The van der Waals surface area contributed by atoms with Crippen molar-refractivity contribution >= 4 is 67.9 Å². The minimum Gasteiger partial charge on any atom is -0.317 e. The van der Waals surface area contributed by atoms with Crippen LogP contribution in [0.4, 0.5) is 0 Å². The Morgan fingerprint density at radius 2 is 0.867 bits per heavy atom. The predicted molar refractivity (Wildman–Crippen MR) is 162 cm³/mol. The molecule has 0 amide bonds. The monoisotopic (exact) mass is 692 g/mol. The molecule has 8 heteroatoms. The first-order valence-electron chi connectivity index (χ1n) is 11.1. The maximum absolute atomic E-state index is 3.61. The van der Waals surface area contributed by atoms with Crippen molar-refractivity contribution in [2.24, 2.45) is 0 Å². The molecule has 0 aromatic rings. The van der Waals surface area contributed by atoms with Crippen molar-refractivity contribution in [3.63, 3.8) is 0 Å². The summed E-state index contributed by atoms with van der Waals surface area (Å²) in [7, 11) is 0. The lowest BCUT2D eigenvalue weighted by Crippen LogP contribution is -2.32. The van der Waals surface area contributed by atoms with E-state index in [0.717, 1.165) is 26.2 Å². The molecular formula is C22H56Br4N4. The largest absolute Gasteiger partial charge is 0.317 e. The van der Waals surface area contributed by atoms with Crippen LogP contribution < -0.4 is 21.3 Å². The van der Waals surface area contributed by atoms with Gasteiger partial charge in [-0.25, -0.2) is 0 Å². The number of hydrogen-bond donors (Lipinski definition) is 4. The summed E-state index contributed by atoms with van der Waals surface area (Å²) in [6.45, 7) is 16.0. The molecule has 0 aliphatic rings. The Morgan fingerprint density at radius 1 is 0.500 bits per heavy atom. The van der Waals surface area contributed by atoms with E-state index in [0.29, 0.717) is 12.1 Å². The molecular weight excluding hydrogens is 640 g/mol. The number of halogens is 4. The quantitative estimate of drug-likeness (QED) is 0.108. The van der Waals surface area contributed by atoms with E-state index in [9.17, 15) is 0 Å². The van der Waals surface area contributed by atoms with E-state index in [1.165, 1.54) is 70.9 Å². The molecule has 0 radical (unpaired) electrons. The highest BCUT2D eigenvalue weighted by Gasteiger charge is 2.01. The van der Waals surface area contributed by atoms with Crippen LogP contribution in [0.1, 0.15) is 92.9 Å². The fourth-order valence-electron chi connectivity index (χ4n) is 2.88. The van der Waals surface area contributed by atoms with Crippen LogP contribution in [0, 0.1) is 0 Å². The van der Waals surface area contributed by atoms with Gasteiger partial charge in [-0.2, -0.15) is 0 Å². The van der Waals surface area contributed by atoms with E-state index in [4.69, 9.17) is 0 Å². The Kier molecular flexibility index (Phi) is 57.4. The van der Waals surface area contributed by atoms with Gasteiger partial charge in [0.2, 0.25) is 0 Å². The summed E-state index contributed by atoms with van der Waals surface area (Å²) in [6.07, 6.45) is 11.6. The molecule has 0 bridgehead atoms. The summed E-state index contributed by atoms with van der Waals surface area (Å²) < 4.78 is 0. The normalized spacial score (nSPS) is 11.6. The number of unbranched alkanes of at least 4 members (excludes halogenated alkanes) is 4. The maximum Gasteiger partial charge on any atom is 0.00508 e. The van der Waals surface area contributed by atoms with Crippen LogP contribution in [-0.2, 0) is 0 Å². The van der Waals surface area contributed by atoms with Gasteiger partial charge in [0, 0.05) is 12.1 Å². The van der Waals surface area contributed by atoms with Crippen molar-refractivity contribution in [3.8, 4) is 0 Å². The van der Waals surface area contributed by atoms with Gasteiger partial charge in [0.25, 0.3) is 0 Å². The van der Waals surface area contributed by atoms with Gasteiger partial charge in [0.1, 0.15) is 0 Å². The molecule has 0 saturated carbocycles. The van der Waals surface area contributed by atoms with Gasteiger partial charge < -0.3 is 21.3 Å². The highest BCUT2D eigenvalue weighted by molar-refractivity contribution is 8.93. The van der Waals surface area contributed by atoms with Crippen LogP contribution in [0.25, 0.3) is 0 Å². The van der Waals surface area contributed by atoms with Crippen molar-refractivity contribution in [1.29, 1.82) is 0 Å². The average molecular weight is 696 g/mol. The molecule has 30 heavy (non-hydrogen) atoms. The first kappa shape index (κ1) is 45.3. The molecule has 0 saturated heterocycles. The Labute approximate surface area is 232 Å². The SMILES string of the molecule is Br.Br.Br.Br.C.CCCCCNC(C)CCNCCCNCCC(C)NCCCCC. The van der Waals surface area contributed by atoms with Gasteiger partial charge in [0.05, 0.1) is 0 Å². The van der Waals surface area contributed by atoms with Crippen LogP contribution in [-0.4, -0.2) is 51.4 Å². The molecule has 0 aromatic heterocycles. The van der Waals surface area contributed by atoms with Crippen molar-refractivity contribution in [3.05, 3.63) is 0 Å². The number of nitrogens with one attached hydrogen (secondary N) is 4. The van der Waals surface area contributed by atoms with Gasteiger partial charge >= 0.3 is 0 Å². The first-order valence-corrected chi connectivity index (χ1v) is 11.1. The van der Waals surface area contributed by atoms with E-state index < -0.39 is 0 Å². The lowest BCUT2D eigenvalue weighted by Gasteiger charge is -2.15. The predicted octanol–water partition coefficient (Wildman–Crippen LogP) is 6.62. The lowest BCUT2D eigenvalue weighted by atomic mass is 10.2. The Morgan fingerprint density at radius 3 is 1.20 bits per heavy atom. The van der Waals surface area contributed by atoms with Gasteiger partial charge in [-0.05, 0) is 85.2 Å². The summed E-state index contributed by atoms with van der Waals surface area (Å²) in [5.41, 5.74) is 0. The second-order valence-corrected chi connectivity index (χ2v) is 7.56. The zero-order chi connectivity index (χ0) is 18.6. The smallest absolute Gasteiger partial charge is 0.00508 e. The zero-order valence-electron chi connectivity index (χ0n) is 19.4. The molecule has 0 aromatic carbocycles. The third-order valence-electron chi connectivity index (χ3n) is 4.76. The van der Waals surface area contributed by atoms with Gasteiger partial charge in [-0.3, -0.25) is 0 Å². The molecule has 0 aliphatic carbocycles. The summed E-state index contributed by atoms with van der Waals surface area (Å²) in [6, 6.07) is 1.27. The summed E-state index contributed by atoms with van der Waals surface area (Å²) >= 11 is 0. The molecule has 4 N–H and O–H groups in total. The van der Waals surface area contributed by atoms with Crippen LogP contribution in [0.15, 0.2) is 0 Å². The van der Waals surface area contributed by atoms with Gasteiger partial charge in [-0.1, -0.05) is 47.0 Å². The van der Waals surface area contributed by atoms with E-state index >= 15 is 0 Å². The molecule has 0 rings (SSSR count).